The van der Waals surface area contributed by atoms with Crippen LogP contribution >= 0.6 is 11.3 Å². The zero-order chi connectivity index (χ0) is 20.3. The molecular formula is C27H36O3S. The van der Waals surface area contributed by atoms with Crippen molar-refractivity contribution in [2.75, 3.05) is 13.2 Å². The normalized spacial score (nSPS) is 50.6. The SMILES string of the molecule is OC(c1scc2c1OCCO2)(C1C2CC3CC(C2)CC1C3)C1C2CC3CC(C2)CC1C3. The molecule has 168 valence electrons. The van der Waals surface area contributed by atoms with Gasteiger partial charge in [-0.25, -0.2) is 0 Å². The Hall–Kier alpha value is -0.740. The molecule has 0 amide bonds. The first kappa shape index (κ1) is 18.7. The lowest BCUT2D eigenvalue weighted by Gasteiger charge is -2.64. The minimum absolute atomic E-state index is 0.441. The number of thiophene rings is 1. The van der Waals surface area contributed by atoms with E-state index in [4.69, 9.17) is 9.47 Å². The zero-order valence-corrected chi connectivity index (χ0v) is 19.3. The number of fused-ring (bicyclic) bond motifs is 1. The predicted octanol–water partition coefficient (Wildman–Crippen LogP) is 5.85. The van der Waals surface area contributed by atoms with E-state index in [0.29, 0.717) is 25.0 Å². The van der Waals surface area contributed by atoms with Gasteiger partial charge in [-0.2, -0.15) is 0 Å². The van der Waals surface area contributed by atoms with E-state index in [0.717, 1.165) is 63.7 Å². The van der Waals surface area contributed by atoms with Crippen molar-refractivity contribution in [3.63, 3.8) is 0 Å². The van der Waals surface area contributed by atoms with Gasteiger partial charge in [0.15, 0.2) is 11.5 Å². The lowest BCUT2D eigenvalue weighted by atomic mass is 9.42. The monoisotopic (exact) mass is 440 g/mol. The Balaban J connectivity index is 1.28. The molecule has 0 aromatic carbocycles. The molecule has 8 saturated carbocycles. The first-order valence-corrected chi connectivity index (χ1v) is 14.1. The average molecular weight is 441 g/mol. The Labute approximate surface area is 189 Å². The third-order valence-corrected chi connectivity index (χ3v) is 12.2. The third kappa shape index (κ3) is 2.50. The van der Waals surface area contributed by atoms with Crippen molar-refractivity contribution in [1.82, 2.24) is 0 Å². The van der Waals surface area contributed by atoms with Crippen LogP contribution in [0.5, 0.6) is 11.5 Å². The van der Waals surface area contributed by atoms with Crippen molar-refractivity contribution in [2.45, 2.75) is 69.8 Å². The van der Waals surface area contributed by atoms with Gasteiger partial charge in [0, 0.05) is 5.38 Å². The van der Waals surface area contributed by atoms with E-state index >= 15 is 0 Å². The van der Waals surface area contributed by atoms with E-state index in [1.54, 1.807) is 11.3 Å². The highest BCUT2D eigenvalue weighted by Gasteiger charge is 2.64. The van der Waals surface area contributed by atoms with Crippen LogP contribution in [0.25, 0.3) is 0 Å². The molecule has 9 aliphatic rings. The van der Waals surface area contributed by atoms with E-state index in [9.17, 15) is 5.11 Å². The molecule has 4 heteroatoms. The zero-order valence-electron chi connectivity index (χ0n) is 18.5. The van der Waals surface area contributed by atoms with Crippen molar-refractivity contribution in [3.05, 3.63) is 10.3 Å². The van der Waals surface area contributed by atoms with E-state index in [-0.39, 0.29) is 0 Å². The molecule has 3 nitrogen and oxygen atoms in total. The van der Waals surface area contributed by atoms with Gasteiger partial charge in [-0.1, -0.05) is 0 Å². The Morgan fingerprint density at radius 3 is 1.61 bits per heavy atom. The fraction of sp³-hybridized carbons (Fsp3) is 0.852. The molecular weight excluding hydrogens is 404 g/mol. The Kier molecular flexibility index (Phi) is 3.87. The highest BCUT2D eigenvalue weighted by atomic mass is 32.1. The van der Waals surface area contributed by atoms with E-state index in [2.05, 4.69) is 5.38 Å². The maximum absolute atomic E-state index is 13.3. The fourth-order valence-electron chi connectivity index (χ4n) is 11.0. The molecule has 1 N–H and O–H groups in total. The molecule has 0 unspecified atom stereocenters. The van der Waals surface area contributed by atoms with Crippen LogP contribution < -0.4 is 9.47 Å². The summed E-state index contributed by atoms with van der Waals surface area (Å²) in [6, 6.07) is 0. The molecule has 31 heavy (non-hydrogen) atoms. The van der Waals surface area contributed by atoms with Crippen molar-refractivity contribution in [1.29, 1.82) is 0 Å². The van der Waals surface area contributed by atoms with Crippen molar-refractivity contribution >= 4 is 11.3 Å². The molecule has 10 rings (SSSR count). The molecule has 0 saturated heterocycles. The van der Waals surface area contributed by atoms with Gasteiger partial charge in [-0.15, -0.1) is 11.3 Å². The number of ether oxygens (including phenoxy) is 2. The topological polar surface area (TPSA) is 38.7 Å². The summed E-state index contributed by atoms with van der Waals surface area (Å²) in [5.74, 6) is 9.36. The Morgan fingerprint density at radius 2 is 1.13 bits per heavy atom. The molecule has 0 atom stereocenters. The number of aliphatic hydroxyl groups is 1. The molecule has 8 bridgehead atoms. The summed E-state index contributed by atoms with van der Waals surface area (Å²) < 4.78 is 12.2. The summed E-state index contributed by atoms with van der Waals surface area (Å²) in [6.45, 7) is 1.26. The minimum Gasteiger partial charge on any atom is -0.485 e. The number of rotatable bonds is 3. The highest BCUT2D eigenvalue weighted by Crippen LogP contribution is 2.69. The van der Waals surface area contributed by atoms with Gasteiger partial charge in [-0.3, -0.25) is 0 Å². The van der Waals surface area contributed by atoms with Gasteiger partial charge < -0.3 is 14.6 Å². The lowest BCUT2D eigenvalue weighted by molar-refractivity contribution is -0.220. The predicted molar refractivity (Wildman–Crippen MR) is 120 cm³/mol. The van der Waals surface area contributed by atoms with Gasteiger partial charge in [0.05, 0.1) is 4.88 Å². The van der Waals surface area contributed by atoms with E-state index < -0.39 is 5.60 Å². The summed E-state index contributed by atoms with van der Waals surface area (Å²) in [7, 11) is 0. The highest BCUT2D eigenvalue weighted by molar-refractivity contribution is 7.10. The van der Waals surface area contributed by atoms with Gasteiger partial charge in [0.2, 0.25) is 0 Å². The lowest BCUT2D eigenvalue weighted by Crippen LogP contribution is -2.61. The van der Waals surface area contributed by atoms with E-state index in [1.807, 2.05) is 0 Å². The second kappa shape index (κ2) is 6.44. The molecule has 0 spiro atoms. The molecule has 1 aromatic rings. The maximum Gasteiger partial charge on any atom is 0.178 e. The summed E-state index contributed by atoms with van der Waals surface area (Å²) in [6.07, 6.45) is 13.9. The van der Waals surface area contributed by atoms with Crippen molar-refractivity contribution in [3.8, 4) is 11.5 Å². The average Bonchev–Trinajstić information content (AvgIpc) is 3.17. The van der Waals surface area contributed by atoms with Crippen LogP contribution in [-0.4, -0.2) is 18.3 Å². The van der Waals surface area contributed by atoms with Crippen LogP contribution in [0.3, 0.4) is 0 Å². The second-order valence-electron chi connectivity index (χ2n) is 12.7. The Bertz CT molecular complexity index is 791. The maximum atomic E-state index is 13.3. The Morgan fingerprint density at radius 1 is 0.677 bits per heavy atom. The number of hydrogen-bond acceptors (Lipinski definition) is 4. The smallest absolute Gasteiger partial charge is 0.178 e. The van der Waals surface area contributed by atoms with Crippen LogP contribution in [0.15, 0.2) is 5.38 Å². The second-order valence-corrected chi connectivity index (χ2v) is 13.6. The van der Waals surface area contributed by atoms with Gasteiger partial charge in [-0.05, 0) is 123 Å². The van der Waals surface area contributed by atoms with Gasteiger partial charge in [0.1, 0.15) is 18.8 Å². The first-order valence-electron chi connectivity index (χ1n) is 13.3. The van der Waals surface area contributed by atoms with Crippen LogP contribution in [0.2, 0.25) is 0 Å². The van der Waals surface area contributed by atoms with Gasteiger partial charge in [0.25, 0.3) is 0 Å². The molecule has 1 aromatic heterocycles. The van der Waals surface area contributed by atoms with Crippen LogP contribution in [-0.2, 0) is 5.60 Å². The third-order valence-electron chi connectivity index (χ3n) is 11.1. The molecule has 1 aliphatic heterocycles. The fourth-order valence-corrected chi connectivity index (χ4v) is 12.1. The minimum atomic E-state index is -0.704. The largest absolute Gasteiger partial charge is 0.485 e. The number of hydrogen-bond donors (Lipinski definition) is 1. The van der Waals surface area contributed by atoms with Crippen LogP contribution in [0, 0.1) is 59.2 Å². The van der Waals surface area contributed by atoms with E-state index in [1.165, 1.54) is 64.2 Å². The van der Waals surface area contributed by atoms with Crippen LogP contribution in [0.4, 0.5) is 0 Å². The van der Waals surface area contributed by atoms with Crippen molar-refractivity contribution in [2.24, 2.45) is 59.2 Å². The molecule has 8 aliphatic carbocycles. The molecule has 2 heterocycles. The summed E-state index contributed by atoms with van der Waals surface area (Å²) in [5.41, 5.74) is -0.704. The summed E-state index contributed by atoms with van der Waals surface area (Å²) in [5, 5.41) is 15.4. The van der Waals surface area contributed by atoms with Crippen molar-refractivity contribution < 1.29 is 14.6 Å². The quantitative estimate of drug-likeness (QED) is 0.641. The first-order chi connectivity index (χ1) is 15.2. The summed E-state index contributed by atoms with van der Waals surface area (Å²) in [4.78, 5) is 1.16. The standard InChI is InChI=1S/C27H36O3S/c28-27(26-25-22(13-31-26)29-1-2-30-25,23-18-5-14-3-15(7-18)8-19(23)6-14)24-20-9-16-4-17(11-20)12-21(24)10-16/h13-21,23-24,28H,1-12H2. The van der Waals surface area contributed by atoms with Gasteiger partial charge >= 0.3 is 0 Å². The molecule has 0 radical (unpaired) electrons. The summed E-state index contributed by atoms with van der Waals surface area (Å²) >= 11 is 1.76. The van der Waals surface area contributed by atoms with Crippen LogP contribution in [0.1, 0.15) is 69.1 Å². The molecule has 8 fully saturated rings.